The van der Waals surface area contributed by atoms with Crippen LogP contribution < -0.4 is 4.74 Å². The lowest BCUT2D eigenvalue weighted by atomic mass is 9.95. The van der Waals surface area contributed by atoms with Crippen LogP contribution >= 0.6 is 0 Å². The van der Waals surface area contributed by atoms with Crippen LogP contribution in [0, 0.1) is 18.3 Å². The third kappa shape index (κ3) is 3.61. The number of ether oxygens (including phenoxy) is 1. The summed E-state index contributed by atoms with van der Waals surface area (Å²) in [7, 11) is 0. The SMILES string of the molecule is Cc1oc(C2CC2)nc1COc1cc2c(cc1CC#N)CCN(C(=O)O)C2. The maximum Gasteiger partial charge on any atom is 0.407 e. The van der Waals surface area contributed by atoms with Gasteiger partial charge in [0.25, 0.3) is 0 Å². The summed E-state index contributed by atoms with van der Waals surface area (Å²) in [6, 6.07) is 6.02. The number of aryl methyl sites for hydroxylation is 1. The Kier molecular flexibility index (Phi) is 4.48. The van der Waals surface area contributed by atoms with Gasteiger partial charge in [0.2, 0.25) is 0 Å². The number of oxazole rings is 1. The molecule has 1 aliphatic heterocycles. The highest BCUT2D eigenvalue weighted by Gasteiger charge is 2.29. The molecule has 7 nitrogen and oxygen atoms in total. The number of rotatable bonds is 5. The van der Waals surface area contributed by atoms with Gasteiger partial charge in [-0.3, -0.25) is 0 Å². The van der Waals surface area contributed by atoms with Crippen LogP contribution in [-0.4, -0.2) is 27.6 Å². The highest BCUT2D eigenvalue weighted by atomic mass is 16.5. The first-order chi connectivity index (χ1) is 13.0. The molecule has 1 N–H and O–H groups in total. The fraction of sp³-hybridized carbons (Fsp3) is 0.450. The molecule has 1 fully saturated rings. The Labute approximate surface area is 157 Å². The number of nitrogens with zero attached hydrogens (tertiary/aromatic N) is 3. The van der Waals surface area contributed by atoms with Crippen LogP contribution in [-0.2, 0) is 26.0 Å². The molecule has 4 rings (SSSR count). The highest BCUT2D eigenvalue weighted by Crippen LogP contribution is 2.40. The van der Waals surface area contributed by atoms with Crippen molar-refractivity contribution in [3.8, 4) is 11.8 Å². The van der Waals surface area contributed by atoms with Gasteiger partial charge >= 0.3 is 6.09 Å². The van der Waals surface area contributed by atoms with Crippen molar-refractivity contribution in [2.24, 2.45) is 0 Å². The molecule has 0 bridgehead atoms. The molecule has 0 radical (unpaired) electrons. The summed E-state index contributed by atoms with van der Waals surface area (Å²) in [5.74, 6) is 2.59. The summed E-state index contributed by atoms with van der Waals surface area (Å²) in [6.45, 7) is 2.95. The van der Waals surface area contributed by atoms with E-state index >= 15 is 0 Å². The van der Waals surface area contributed by atoms with Crippen LogP contribution in [0.2, 0.25) is 0 Å². The normalized spacial score (nSPS) is 15.9. The first-order valence-electron chi connectivity index (χ1n) is 9.13. The number of amides is 1. The molecule has 0 spiro atoms. The maximum atomic E-state index is 11.3. The molecule has 2 heterocycles. The highest BCUT2D eigenvalue weighted by molar-refractivity contribution is 5.65. The van der Waals surface area contributed by atoms with Crippen LogP contribution in [0.15, 0.2) is 16.5 Å². The zero-order chi connectivity index (χ0) is 19.0. The third-order valence-electron chi connectivity index (χ3n) is 5.14. The lowest BCUT2D eigenvalue weighted by molar-refractivity contribution is 0.140. The third-order valence-corrected chi connectivity index (χ3v) is 5.14. The number of hydrogen-bond donors (Lipinski definition) is 1. The zero-order valence-electron chi connectivity index (χ0n) is 15.2. The Hall–Kier alpha value is -3.01. The molecule has 1 aromatic heterocycles. The Morgan fingerprint density at radius 3 is 2.96 bits per heavy atom. The first kappa shape index (κ1) is 17.4. The average molecular weight is 367 g/mol. The second kappa shape index (κ2) is 6.95. The summed E-state index contributed by atoms with van der Waals surface area (Å²) in [5, 5.41) is 18.4. The van der Waals surface area contributed by atoms with Crippen molar-refractivity contribution in [2.45, 2.75) is 51.7 Å². The molecule has 2 aromatic rings. The monoisotopic (exact) mass is 367 g/mol. The van der Waals surface area contributed by atoms with Crippen molar-refractivity contribution in [1.82, 2.24) is 9.88 Å². The Morgan fingerprint density at radius 2 is 2.26 bits per heavy atom. The summed E-state index contributed by atoms with van der Waals surface area (Å²) in [5.41, 5.74) is 3.60. The molecule has 1 aromatic carbocycles. The number of carbonyl (C=O) groups is 1. The van der Waals surface area contributed by atoms with Crippen molar-refractivity contribution >= 4 is 6.09 Å². The number of nitriles is 1. The van der Waals surface area contributed by atoms with Crippen LogP contribution in [0.1, 0.15) is 52.8 Å². The van der Waals surface area contributed by atoms with Gasteiger partial charge in [0.15, 0.2) is 5.89 Å². The molecule has 0 unspecified atom stereocenters. The van der Waals surface area contributed by atoms with E-state index in [1.54, 1.807) is 0 Å². The van der Waals surface area contributed by atoms with Crippen LogP contribution in [0.25, 0.3) is 0 Å². The van der Waals surface area contributed by atoms with Gasteiger partial charge in [0.05, 0.1) is 12.5 Å². The number of hydrogen-bond acceptors (Lipinski definition) is 5. The summed E-state index contributed by atoms with van der Waals surface area (Å²) in [6.07, 6.45) is 2.22. The Morgan fingerprint density at radius 1 is 1.44 bits per heavy atom. The number of carboxylic acid groups (broad SMARTS) is 1. The van der Waals surface area contributed by atoms with E-state index < -0.39 is 6.09 Å². The number of aromatic nitrogens is 1. The molecular formula is C20H21N3O4. The molecule has 0 atom stereocenters. The smallest absolute Gasteiger partial charge is 0.407 e. The molecule has 0 saturated heterocycles. The van der Waals surface area contributed by atoms with Crippen molar-refractivity contribution in [1.29, 1.82) is 5.26 Å². The molecule has 1 saturated carbocycles. The summed E-state index contributed by atoms with van der Waals surface area (Å²) < 4.78 is 11.7. The van der Waals surface area contributed by atoms with Gasteiger partial charge in [-0.05, 0) is 43.4 Å². The van der Waals surface area contributed by atoms with Crippen molar-refractivity contribution in [2.75, 3.05) is 6.54 Å². The largest absolute Gasteiger partial charge is 0.487 e. The molecule has 27 heavy (non-hydrogen) atoms. The lowest BCUT2D eigenvalue weighted by Crippen LogP contribution is -2.34. The zero-order valence-corrected chi connectivity index (χ0v) is 15.2. The minimum atomic E-state index is -0.921. The summed E-state index contributed by atoms with van der Waals surface area (Å²) >= 11 is 0. The van der Waals surface area contributed by atoms with E-state index in [1.165, 1.54) is 4.90 Å². The van der Waals surface area contributed by atoms with Gasteiger partial charge in [0, 0.05) is 24.6 Å². The van der Waals surface area contributed by atoms with Gasteiger partial charge in [0.1, 0.15) is 23.8 Å². The van der Waals surface area contributed by atoms with Gasteiger partial charge in [-0.1, -0.05) is 6.07 Å². The van der Waals surface area contributed by atoms with E-state index in [4.69, 9.17) is 14.4 Å². The Bertz CT molecular complexity index is 924. The van der Waals surface area contributed by atoms with Gasteiger partial charge in [-0.2, -0.15) is 5.26 Å². The Balaban J connectivity index is 1.56. The molecular weight excluding hydrogens is 346 g/mol. The molecule has 140 valence electrons. The van der Waals surface area contributed by atoms with E-state index in [9.17, 15) is 9.90 Å². The van der Waals surface area contributed by atoms with Crippen molar-refractivity contribution in [3.63, 3.8) is 0 Å². The number of benzene rings is 1. The van der Waals surface area contributed by atoms with E-state index in [-0.39, 0.29) is 13.0 Å². The predicted molar refractivity (Wildman–Crippen MR) is 95.4 cm³/mol. The molecule has 2 aliphatic rings. The lowest BCUT2D eigenvalue weighted by Gasteiger charge is -2.27. The molecule has 7 heteroatoms. The van der Waals surface area contributed by atoms with E-state index in [0.29, 0.717) is 31.2 Å². The minimum Gasteiger partial charge on any atom is -0.487 e. The fourth-order valence-corrected chi connectivity index (χ4v) is 3.39. The average Bonchev–Trinajstić information content (AvgIpc) is 3.43. The second-order valence-electron chi connectivity index (χ2n) is 7.14. The van der Waals surface area contributed by atoms with Crippen molar-refractivity contribution < 1.29 is 19.1 Å². The van der Waals surface area contributed by atoms with Gasteiger partial charge in [-0.25, -0.2) is 9.78 Å². The van der Waals surface area contributed by atoms with Gasteiger partial charge in [-0.15, -0.1) is 0 Å². The van der Waals surface area contributed by atoms with E-state index in [2.05, 4.69) is 11.1 Å². The molecule has 1 aliphatic carbocycles. The quantitative estimate of drug-likeness (QED) is 0.868. The van der Waals surface area contributed by atoms with Crippen molar-refractivity contribution in [3.05, 3.63) is 46.2 Å². The standard InChI is InChI=1S/C20H21N3O4/c1-12-17(22-19(27-12)13-2-3-13)11-26-18-9-16-10-23(20(24)25)7-5-14(16)8-15(18)4-6-21/h8-9,13H,2-5,7,10-11H2,1H3,(H,24,25). The number of fused-ring (bicyclic) bond motifs is 1. The summed E-state index contributed by atoms with van der Waals surface area (Å²) in [4.78, 5) is 17.2. The topological polar surface area (TPSA) is 99.6 Å². The fourth-order valence-electron chi connectivity index (χ4n) is 3.39. The van der Waals surface area contributed by atoms with Crippen LogP contribution in [0.3, 0.4) is 0 Å². The maximum absolute atomic E-state index is 11.3. The van der Waals surface area contributed by atoms with E-state index in [1.807, 2.05) is 19.1 Å². The van der Waals surface area contributed by atoms with Crippen LogP contribution in [0.4, 0.5) is 4.79 Å². The van der Waals surface area contributed by atoms with E-state index in [0.717, 1.165) is 46.9 Å². The van der Waals surface area contributed by atoms with Crippen LogP contribution in [0.5, 0.6) is 5.75 Å². The minimum absolute atomic E-state index is 0.246. The second-order valence-corrected chi connectivity index (χ2v) is 7.14. The first-order valence-corrected chi connectivity index (χ1v) is 9.13. The molecule has 1 amide bonds. The predicted octanol–water partition coefficient (Wildman–Crippen LogP) is 3.54. The van der Waals surface area contributed by atoms with Gasteiger partial charge < -0.3 is 19.2 Å².